The Morgan fingerprint density at radius 3 is 2.89 bits per heavy atom. The molecule has 0 spiro atoms. The number of nitrogens with one attached hydrogen (secondary N) is 1. The molecule has 1 fully saturated rings. The molecule has 1 aromatic rings. The highest BCUT2D eigenvalue weighted by molar-refractivity contribution is 5.89. The molecule has 2 rings (SSSR count). The first-order chi connectivity index (χ1) is 9.11. The van der Waals surface area contributed by atoms with Gasteiger partial charge in [-0.2, -0.15) is 0 Å². The average molecular weight is 265 g/mol. The summed E-state index contributed by atoms with van der Waals surface area (Å²) in [5, 5.41) is 2.63. The van der Waals surface area contributed by atoms with E-state index >= 15 is 0 Å². The first-order valence-corrected chi connectivity index (χ1v) is 6.64. The third-order valence-corrected chi connectivity index (χ3v) is 3.69. The topological polar surface area (TPSA) is 58.4 Å². The number of nitrogens with two attached hydrogens (primary N) is 1. The molecule has 2 amide bonds. The van der Waals surface area contributed by atoms with Gasteiger partial charge in [0.1, 0.15) is 5.82 Å². The van der Waals surface area contributed by atoms with Crippen LogP contribution in [0.15, 0.2) is 24.3 Å². The van der Waals surface area contributed by atoms with Crippen molar-refractivity contribution in [2.24, 2.45) is 11.7 Å². The van der Waals surface area contributed by atoms with Crippen molar-refractivity contribution >= 4 is 11.7 Å². The zero-order valence-electron chi connectivity index (χ0n) is 11.1. The second kappa shape index (κ2) is 6.02. The molecule has 19 heavy (non-hydrogen) atoms. The summed E-state index contributed by atoms with van der Waals surface area (Å²) < 4.78 is 13.5. The molecule has 0 bridgehead atoms. The Balaban J connectivity index is 2.04. The summed E-state index contributed by atoms with van der Waals surface area (Å²) in [6.45, 7) is 3.22. The molecule has 0 saturated carbocycles. The van der Waals surface area contributed by atoms with Gasteiger partial charge in [-0.1, -0.05) is 12.1 Å². The minimum Gasteiger partial charge on any atom is -0.330 e. The summed E-state index contributed by atoms with van der Waals surface area (Å²) in [5.74, 6) is -0.0848. The molecule has 1 heterocycles. The van der Waals surface area contributed by atoms with Crippen molar-refractivity contribution in [2.75, 3.05) is 18.4 Å². The number of urea groups is 1. The van der Waals surface area contributed by atoms with Gasteiger partial charge in [-0.05, 0) is 44.4 Å². The predicted molar refractivity (Wildman–Crippen MR) is 73.4 cm³/mol. The van der Waals surface area contributed by atoms with Crippen LogP contribution in [0.4, 0.5) is 14.9 Å². The van der Waals surface area contributed by atoms with E-state index in [2.05, 4.69) is 5.32 Å². The molecular weight excluding hydrogens is 245 g/mol. The number of benzene rings is 1. The van der Waals surface area contributed by atoms with Crippen molar-refractivity contribution in [1.82, 2.24) is 4.90 Å². The number of rotatable bonds is 2. The number of amides is 2. The van der Waals surface area contributed by atoms with Gasteiger partial charge in [0.05, 0.1) is 5.69 Å². The molecule has 1 saturated heterocycles. The number of carbonyl (C=O) groups excluding carboxylic acids is 1. The Morgan fingerprint density at radius 2 is 2.21 bits per heavy atom. The lowest BCUT2D eigenvalue weighted by Crippen LogP contribution is -2.48. The number of likely N-dealkylation sites (tertiary alicyclic amines) is 1. The molecular formula is C14H20FN3O. The van der Waals surface area contributed by atoms with E-state index in [1.54, 1.807) is 23.1 Å². The molecule has 0 aromatic heterocycles. The number of anilines is 1. The van der Waals surface area contributed by atoms with Crippen molar-refractivity contribution in [3.63, 3.8) is 0 Å². The van der Waals surface area contributed by atoms with Gasteiger partial charge in [-0.25, -0.2) is 9.18 Å². The maximum absolute atomic E-state index is 13.5. The van der Waals surface area contributed by atoms with Crippen LogP contribution in [0, 0.1) is 11.7 Å². The number of halogens is 1. The average Bonchev–Trinajstić information content (AvgIpc) is 2.42. The quantitative estimate of drug-likeness (QED) is 0.862. The minimum atomic E-state index is -0.420. The highest BCUT2D eigenvalue weighted by atomic mass is 19.1. The summed E-state index contributed by atoms with van der Waals surface area (Å²) in [4.78, 5) is 13.9. The Labute approximate surface area is 112 Å². The van der Waals surface area contributed by atoms with Gasteiger partial charge in [-0.15, -0.1) is 0 Å². The van der Waals surface area contributed by atoms with E-state index in [4.69, 9.17) is 5.73 Å². The number of hydrogen-bond acceptors (Lipinski definition) is 2. The summed E-state index contributed by atoms with van der Waals surface area (Å²) in [6, 6.07) is 6.09. The lowest BCUT2D eigenvalue weighted by molar-refractivity contribution is 0.144. The minimum absolute atomic E-state index is 0.162. The van der Waals surface area contributed by atoms with Gasteiger partial charge in [0.2, 0.25) is 0 Å². The smallest absolute Gasteiger partial charge is 0.322 e. The predicted octanol–water partition coefficient (Wildman–Crippen LogP) is 2.42. The van der Waals surface area contributed by atoms with Crippen molar-refractivity contribution < 1.29 is 9.18 Å². The van der Waals surface area contributed by atoms with Crippen LogP contribution in [-0.2, 0) is 0 Å². The zero-order valence-corrected chi connectivity index (χ0v) is 11.1. The van der Waals surface area contributed by atoms with Gasteiger partial charge >= 0.3 is 6.03 Å². The van der Waals surface area contributed by atoms with E-state index in [1.807, 2.05) is 6.92 Å². The highest BCUT2D eigenvalue weighted by Gasteiger charge is 2.28. The van der Waals surface area contributed by atoms with Crippen LogP contribution < -0.4 is 11.1 Å². The summed E-state index contributed by atoms with van der Waals surface area (Å²) >= 11 is 0. The van der Waals surface area contributed by atoms with E-state index in [0.29, 0.717) is 19.0 Å². The van der Waals surface area contributed by atoms with Gasteiger partial charge in [-0.3, -0.25) is 0 Å². The van der Waals surface area contributed by atoms with E-state index in [0.717, 1.165) is 12.8 Å². The normalized spacial score (nSPS) is 23.2. The lowest BCUT2D eigenvalue weighted by Gasteiger charge is -2.37. The largest absolute Gasteiger partial charge is 0.330 e. The molecule has 1 aromatic carbocycles. The van der Waals surface area contributed by atoms with Crippen LogP contribution in [-0.4, -0.2) is 30.1 Å². The Bertz CT molecular complexity index is 452. The third-order valence-electron chi connectivity index (χ3n) is 3.69. The molecule has 4 nitrogen and oxygen atoms in total. The van der Waals surface area contributed by atoms with E-state index in [1.165, 1.54) is 6.07 Å². The fourth-order valence-electron chi connectivity index (χ4n) is 2.41. The first kappa shape index (κ1) is 13.8. The molecule has 104 valence electrons. The molecule has 2 atom stereocenters. The van der Waals surface area contributed by atoms with E-state index < -0.39 is 5.82 Å². The lowest BCUT2D eigenvalue weighted by atomic mass is 9.94. The van der Waals surface area contributed by atoms with E-state index in [9.17, 15) is 9.18 Å². The maximum atomic E-state index is 13.5. The number of para-hydroxylation sites is 1. The van der Waals surface area contributed by atoms with Crippen LogP contribution in [0.5, 0.6) is 0 Å². The molecule has 0 aliphatic carbocycles. The number of hydrogen-bond donors (Lipinski definition) is 2. The molecule has 1 aliphatic rings. The van der Waals surface area contributed by atoms with Gasteiger partial charge in [0.15, 0.2) is 0 Å². The monoisotopic (exact) mass is 265 g/mol. The van der Waals surface area contributed by atoms with Crippen molar-refractivity contribution in [1.29, 1.82) is 0 Å². The molecule has 2 unspecified atom stereocenters. The van der Waals surface area contributed by atoms with Gasteiger partial charge in [0.25, 0.3) is 0 Å². The third kappa shape index (κ3) is 3.23. The number of carbonyl (C=O) groups is 1. The van der Waals surface area contributed by atoms with Crippen molar-refractivity contribution in [2.45, 2.75) is 25.8 Å². The Kier molecular flexibility index (Phi) is 4.37. The van der Waals surface area contributed by atoms with E-state index in [-0.39, 0.29) is 17.8 Å². The zero-order chi connectivity index (χ0) is 13.8. The fraction of sp³-hybridized carbons (Fsp3) is 0.500. The molecule has 1 aliphatic heterocycles. The SMILES string of the molecule is CC1CCC(CN)CN1C(=O)Nc1ccccc1F. The fourth-order valence-corrected chi connectivity index (χ4v) is 2.41. The molecule has 0 radical (unpaired) electrons. The van der Waals surface area contributed by atoms with Gasteiger partial charge in [0, 0.05) is 12.6 Å². The van der Waals surface area contributed by atoms with Crippen LogP contribution in [0.1, 0.15) is 19.8 Å². The maximum Gasteiger partial charge on any atom is 0.322 e. The van der Waals surface area contributed by atoms with Crippen molar-refractivity contribution in [3.05, 3.63) is 30.1 Å². The Morgan fingerprint density at radius 1 is 1.47 bits per heavy atom. The summed E-state index contributed by atoms with van der Waals surface area (Å²) in [6.07, 6.45) is 1.98. The highest BCUT2D eigenvalue weighted by Crippen LogP contribution is 2.22. The first-order valence-electron chi connectivity index (χ1n) is 6.64. The van der Waals surface area contributed by atoms with Crippen LogP contribution in [0.2, 0.25) is 0 Å². The molecule has 5 heteroatoms. The summed E-state index contributed by atoms with van der Waals surface area (Å²) in [5.41, 5.74) is 5.89. The number of piperidine rings is 1. The summed E-state index contributed by atoms with van der Waals surface area (Å²) in [7, 11) is 0. The van der Waals surface area contributed by atoms with Crippen LogP contribution in [0.25, 0.3) is 0 Å². The second-order valence-electron chi connectivity index (χ2n) is 5.09. The molecule has 3 N–H and O–H groups in total. The van der Waals surface area contributed by atoms with Crippen molar-refractivity contribution in [3.8, 4) is 0 Å². The standard InChI is InChI=1S/C14H20FN3O/c1-10-6-7-11(8-16)9-18(10)14(19)17-13-5-3-2-4-12(13)15/h2-5,10-11H,6-9,16H2,1H3,(H,17,19). The van der Waals surface area contributed by atoms with Crippen LogP contribution >= 0.6 is 0 Å². The number of nitrogens with zero attached hydrogens (tertiary/aromatic N) is 1. The Hall–Kier alpha value is -1.62. The second-order valence-corrected chi connectivity index (χ2v) is 5.09. The van der Waals surface area contributed by atoms with Crippen LogP contribution in [0.3, 0.4) is 0 Å². The van der Waals surface area contributed by atoms with Gasteiger partial charge < -0.3 is 16.0 Å².